The predicted molar refractivity (Wildman–Crippen MR) is 185 cm³/mol. The van der Waals surface area contributed by atoms with Crippen molar-refractivity contribution in [1.82, 2.24) is 0 Å². The zero-order chi connectivity index (χ0) is 29.3. The minimum Gasteiger partial charge on any atom is -0.455 e. The lowest BCUT2D eigenvalue weighted by Gasteiger charge is -2.28. The van der Waals surface area contributed by atoms with Crippen LogP contribution in [0.3, 0.4) is 0 Å². The van der Waals surface area contributed by atoms with Gasteiger partial charge in [0.15, 0.2) is 0 Å². The lowest BCUT2D eigenvalue weighted by atomic mass is 9.96. The minimum atomic E-state index is 0.880. The molecule has 0 bridgehead atoms. The van der Waals surface area contributed by atoms with Gasteiger partial charge in [0, 0.05) is 33.3 Å². The first-order valence-electron chi connectivity index (χ1n) is 14.9. The van der Waals surface area contributed by atoms with E-state index in [1.54, 1.807) is 0 Å². The number of hydrogen-bond donors (Lipinski definition) is 0. The maximum atomic E-state index is 6.65. The Morgan fingerprint density at radius 2 is 0.955 bits per heavy atom. The number of anilines is 3. The Labute approximate surface area is 257 Å². The van der Waals surface area contributed by atoms with Crippen molar-refractivity contribution in [3.63, 3.8) is 0 Å². The molecule has 2 nitrogen and oxygen atoms in total. The van der Waals surface area contributed by atoms with Gasteiger partial charge in [-0.15, -0.1) is 0 Å². The van der Waals surface area contributed by atoms with E-state index in [4.69, 9.17) is 4.42 Å². The second-order valence-corrected chi connectivity index (χ2v) is 11.0. The van der Waals surface area contributed by atoms with Crippen LogP contribution in [0.1, 0.15) is 0 Å². The van der Waals surface area contributed by atoms with Crippen molar-refractivity contribution in [1.29, 1.82) is 0 Å². The molecule has 44 heavy (non-hydrogen) atoms. The monoisotopic (exact) mass is 563 g/mol. The number of rotatable bonds is 6. The van der Waals surface area contributed by atoms with E-state index in [1.165, 1.54) is 11.1 Å². The van der Waals surface area contributed by atoms with Gasteiger partial charge in [0.2, 0.25) is 0 Å². The molecule has 0 atom stereocenters. The summed E-state index contributed by atoms with van der Waals surface area (Å²) < 4.78 is 6.65. The van der Waals surface area contributed by atoms with Crippen molar-refractivity contribution in [3.8, 4) is 33.4 Å². The van der Waals surface area contributed by atoms with Gasteiger partial charge in [-0.25, -0.2) is 0 Å². The van der Waals surface area contributed by atoms with Crippen molar-refractivity contribution in [2.45, 2.75) is 0 Å². The van der Waals surface area contributed by atoms with E-state index in [9.17, 15) is 0 Å². The van der Waals surface area contributed by atoms with Crippen LogP contribution in [0.4, 0.5) is 17.1 Å². The summed E-state index contributed by atoms with van der Waals surface area (Å²) in [5.74, 6) is 0. The van der Waals surface area contributed by atoms with Gasteiger partial charge in [-0.1, -0.05) is 133 Å². The van der Waals surface area contributed by atoms with Crippen LogP contribution >= 0.6 is 0 Å². The van der Waals surface area contributed by atoms with Gasteiger partial charge in [-0.05, 0) is 64.7 Å². The molecule has 0 N–H and O–H groups in total. The van der Waals surface area contributed by atoms with Crippen LogP contribution in [0.25, 0.3) is 55.3 Å². The molecule has 7 aromatic carbocycles. The maximum absolute atomic E-state index is 6.65. The molecule has 8 aromatic rings. The van der Waals surface area contributed by atoms with Crippen LogP contribution < -0.4 is 4.90 Å². The SMILES string of the molecule is c1ccc(-c2ccc(-c3ccc4c(c3)oc3c(-c5ccccc5)cccc34)c(N(c3ccccc3)c3ccccc3)c2)cc1. The van der Waals surface area contributed by atoms with E-state index in [0.29, 0.717) is 0 Å². The molecule has 208 valence electrons. The largest absolute Gasteiger partial charge is 0.455 e. The average molecular weight is 564 g/mol. The second kappa shape index (κ2) is 11.1. The van der Waals surface area contributed by atoms with Crippen LogP contribution in [0.5, 0.6) is 0 Å². The predicted octanol–water partition coefficient (Wildman–Crippen LogP) is 12.1. The van der Waals surface area contributed by atoms with Gasteiger partial charge in [-0.2, -0.15) is 0 Å². The normalized spacial score (nSPS) is 11.2. The molecule has 0 saturated carbocycles. The standard InChI is InChI=1S/C42H29NO/c1-5-14-30(15-6-1)32-24-26-36(40(28-32)43(34-18-9-3-10-19-34)35-20-11-4-12-21-35)33-25-27-38-39-23-13-22-37(31-16-7-2-8-17-31)42(39)44-41(38)29-33/h1-29H. The Morgan fingerprint density at radius 3 is 1.61 bits per heavy atom. The van der Waals surface area contributed by atoms with Crippen LogP contribution in [0, 0.1) is 0 Å². The van der Waals surface area contributed by atoms with Crippen molar-refractivity contribution in [2.24, 2.45) is 0 Å². The van der Waals surface area contributed by atoms with Gasteiger partial charge in [0.1, 0.15) is 11.2 Å². The van der Waals surface area contributed by atoms with Gasteiger partial charge in [0.25, 0.3) is 0 Å². The molecule has 0 fully saturated rings. The summed E-state index contributed by atoms with van der Waals surface area (Å²) in [6, 6.07) is 62.0. The molecular formula is C42H29NO. The highest BCUT2D eigenvalue weighted by molar-refractivity contribution is 6.10. The molecule has 0 saturated heterocycles. The van der Waals surface area contributed by atoms with E-state index >= 15 is 0 Å². The van der Waals surface area contributed by atoms with Crippen LogP contribution in [-0.4, -0.2) is 0 Å². The number of nitrogens with zero attached hydrogens (tertiary/aromatic N) is 1. The zero-order valence-electron chi connectivity index (χ0n) is 24.1. The molecule has 0 radical (unpaired) electrons. The highest BCUT2D eigenvalue weighted by atomic mass is 16.3. The number of para-hydroxylation sites is 3. The lowest BCUT2D eigenvalue weighted by molar-refractivity contribution is 0.670. The first kappa shape index (κ1) is 25.8. The molecule has 0 spiro atoms. The second-order valence-electron chi connectivity index (χ2n) is 11.0. The van der Waals surface area contributed by atoms with E-state index < -0.39 is 0 Å². The summed E-state index contributed by atoms with van der Waals surface area (Å²) >= 11 is 0. The lowest BCUT2D eigenvalue weighted by Crippen LogP contribution is -2.11. The Kier molecular flexibility index (Phi) is 6.51. The summed E-state index contributed by atoms with van der Waals surface area (Å²) in [4.78, 5) is 2.35. The van der Waals surface area contributed by atoms with Crippen molar-refractivity contribution in [2.75, 3.05) is 4.90 Å². The number of benzene rings is 7. The van der Waals surface area contributed by atoms with Crippen LogP contribution in [0.15, 0.2) is 180 Å². The highest BCUT2D eigenvalue weighted by Crippen LogP contribution is 2.44. The molecular weight excluding hydrogens is 534 g/mol. The third kappa shape index (κ3) is 4.63. The molecule has 8 rings (SSSR count). The number of furan rings is 1. The smallest absolute Gasteiger partial charge is 0.143 e. The summed E-state index contributed by atoms with van der Waals surface area (Å²) in [7, 11) is 0. The Bertz CT molecular complexity index is 2160. The van der Waals surface area contributed by atoms with Crippen molar-refractivity contribution in [3.05, 3.63) is 176 Å². The minimum absolute atomic E-state index is 0.880. The molecule has 2 heteroatoms. The van der Waals surface area contributed by atoms with E-state index in [1.807, 2.05) is 6.07 Å². The van der Waals surface area contributed by atoms with Gasteiger partial charge >= 0.3 is 0 Å². The molecule has 0 unspecified atom stereocenters. The van der Waals surface area contributed by atoms with Crippen molar-refractivity contribution < 1.29 is 4.42 Å². The summed E-state index contributed by atoms with van der Waals surface area (Å²) in [5.41, 5.74) is 11.9. The number of fused-ring (bicyclic) bond motifs is 3. The Morgan fingerprint density at radius 1 is 0.364 bits per heavy atom. The fraction of sp³-hybridized carbons (Fsp3) is 0. The molecule has 0 aliphatic heterocycles. The maximum Gasteiger partial charge on any atom is 0.143 e. The average Bonchev–Trinajstić information content (AvgIpc) is 3.48. The quantitative estimate of drug-likeness (QED) is 0.200. The first-order chi connectivity index (χ1) is 21.8. The topological polar surface area (TPSA) is 16.4 Å². The summed E-state index contributed by atoms with van der Waals surface area (Å²) in [6.07, 6.45) is 0. The van der Waals surface area contributed by atoms with E-state index in [-0.39, 0.29) is 0 Å². The Hall–Kier alpha value is -5.86. The van der Waals surface area contributed by atoms with E-state index in [0.717, 1.165) is 61.3 Å². The highest BCUT2D eigenvalue weighted by Gasteiger charge is 2.20. The summed E-state index contributed by atoms with van der Waals surface area (Å²) in [6.45, 7) is 0. The van der Waals surface area contributed by atoms with Gasteiger partial charge < -0.3 is 9.32 Å². The fourth-order valence-electron chi connectivity index (χ4n) is 6.16. The number of hydrogen-bond acceptors (Lipinski definition) is 2. The van der Waals surface area contributed by atoms with Gasteiger partial charge in [0.05, 0.1) is 5.69 Å². The molecule has 1 heterocycles. The molecule has 0 amide bonds. The first-order valence-corrected chi connectivity index (χ1v) is 14.9. The summed E-state index contributed by atoms with van der Waals surface area (Å²) in [5, 5.41) is 2.25. The van der Waals surface area contributed by atoms with Crippen LogP contribution in [-0.2, 0) is 0 Å². The molecule has 0 aliphatic carbocycles. The molecule has 1 aromatic heterocycles. The van der Waals surface area contributed by atoms with Crippen molar-refractivity contribution >= 4 is 39.0 Å². The van der Waals surface area contributed by atoms with E-state index in [2.05, 4.69) is 175 Å². The third-order valence-corrected chi connectivity index (χ3v) is 8.27. The van der Waals surface area contributed by atoms with Crippen LogP contribution in [0.2, 0.25) is 0 Å². The van der Waals surface area contributed by atoms with Gasteiger partial charge in [-0.3, -0.25) is 0 Å². The fourth-order valence-corrected chi connectivity index (χ4v) is 6.16. The molecule has 0 aliphatic rings. The Balaban J connectivity index is 1.35. The zero-order valence-corrected chi connectivity index (χ0v) is 24.1. The third-order valence-electron chi connectivity index (χ3n) is 8.27.